The fourth-order valence-corrected chi connectivity index (χ4v) is 1.81. The van der Waals surface area contributed by atoms with Crippen LogP contribution in [0.5, 0.6) is 11.5 Å². The second kappa shape index (κ2) is 6.07. The van der Waals surface area contributed by atoms with Crippen LogP contribution < -0.4 is 15.2 Å². The molecule has 0 bridgehead atoms. The van der Waals surface area contributed by atoms with Gasteiger partial charge in [0.2, 0.25) is 0 Å². The zero-order chi connectivity index (χ0) is 13.0. The van der Waals surface area contributed by atoms with Crippen LogP contribution in [0.15, 0.2) is 12.1 Å². The third kappa shape index (κ3) is 2.81. The van der Waals surface area contributed by atoms with E-state index in [9.17, 15) is 10.2 Å². The van der Waals surface area contributed by atoms with Crippen LogP contribution in [-0.4, -0.2) is 37.1 Å². The van der Waals surface area contributed by atoms with Gasteiger partial charge in [0.1, 0.15) is 6.10 Å². The lowest BCUT2D eigenvalue weighted by molar-refractivity contribution is 0.0242. The number of ether oxygens (including phenoxy) is 2. The highest BCUT2D eigenvalue weighted by atomic mass is 35.5. The Morgan fingerprint density at radius 2 is 1.94 bits per heavy atom. The van der Waals surface area contributed by atoms with E-state index < -0.39 is 12.2 Å². The summed E-state index contributed by atoms with van der Waals surface area (Å²) in [5.74, 6) is 0.769. The second-order valence-electron chi connectivity index (χ2n) is 3.45. The summed E-state index contributed by atoms with van der Waals surface area (Å²) < 4.78 is 10.2. The lowest BCUT2D eigenvalue weighted by Gasteiger charge is -2.19. The lowest BCUT2D eigenvalue weighted by atomic mass is 10.0. The molecule has 96 valence electrons. The van der Waals surface area contributed by atoms with Gasteiger partial charge >= 0.3 is 0 Å². The fourth-order valence-electron chi connectivity index (χ4n) is 1.47. The minimum absolute atomic E-state index is 0.0637. The van der Waals surface area contributed by atoms with Crippen LogP contribution in [0.2, 0.25) is 5.02 Å². The quantitative estimate of drug-likeness (QED) is 0.727. The molecule has 0 amide bonds. The summed E-state index contributed by atoms with van der Waals surface area (Å²) in [5, 5.41) is 19.5. The Labute approximate surface area is 105 Å². The number of halogens is 1. The number of hydrogen-bond donors (Lipinski definition) is 3. The maximum Gasteiger partial charge on any atom is 0.179 e. The molecule has 0 spiro atoms. The molecule has 6 heteroatoms. The standard InChI is InChI=1S/C11H16ClNO4/c1-16-8-4-3-6(9(12)11(8)17-2)10(15)7(14)5-13/h3-4,7,10,14-15H,5,13H2,1-2H3. The van der Waals surface area contributed by atoms with Crippen molar-refractivity contribution in [1.29, 1.82) is 0 Å². The summed E-state index contributed by atoms with van der Waals surface area (Å²) in [6.45, 7) is -0.0637. The summed E-state index contributed by atoms with van der Waals surface area (Å²) in [6, 6.07) is 3.17. The molecule has 0 radical (unpaired) electrons. The van der Waals surface area contributed by atoms with Crippen LogP contribution in [0.25, 0.3) is 0 Å². The van der Waals surface area contributed by atoms with Crippen molar-refractivity contribution in [3.05, 3.63) is 22.7 Å². The normalized spacial score (nSPS) is 14.2. The van der Waals surface area contributed by atoms with Crippen LogP contribution in [0, 0.1) is 0 Å². The number of hydrogen-bond acceptors (Lipinski definition) is 5. The van der Waals surface area contributed by atoms with Gasteiger partial charge in [0, 0.05) is 12.1 Å². The molecule has 1 aromatic rings. The molecule has 17 heavy (non-hydrogen) atoms. The van der Waals surface area contributed by atoms with Crippen molar-refractivity contribution in [2.75, 3.05) is 20.8 Å². The summed E-state index contributed by atoms with van der Waals surface area (Å²) in [4.78, 5) is 0. The van der Waals surface area contributed by atoms with Gasteiger partial charge in [-0.15, -0.1) is 0 Å². The lowest BCUT2D eigenvalue weighted by Crippen LogP contribution is -2.27. The Hall–Kier alpha value is -1.01. The fraction of sp³-hybridized carbons (Fsp3) is 0.455. The first kappa shape index (κ1) is 14.1. The molecule has 0 fully saturated rings. The second-order valence-corrected chi connectivity index (χ2v) is 3.83. The zero-order valence-electron chi connectivity index (χ0n) is 9.68. The van der Waals surface area contributed by atoms with Crippen molar-refractivity contribution >= 4 is 11.6 Å². The van der Waals surface area contributed by atoms with Crippen molar-refractivity contribution in [1.82, 2.24) is 0 Å². The van der Waals surface area contributed by atoms with Crippen molar-refractivity contribution in [2.45, 2.75) is 12.2 Å². The summed E-state index contributed by atoms with van der Waals surface area (Å²) in [7, 11) is 2.93. The first-order chi connectivity index (χ1) is 8.06. The molecule has 0 heterocycles. The van der Waals surface area contributed by atoms with Gasteiger partial charge < -0.3 is 25.4 Å². The van der Waals surface area contributed by atoms with Gasteiger partial charge in [-0.1, -0.05) is 17.7 Å². The molecule has 0 aliphatic rings. The van der Waals surface area contributed by atoms with E-state index in [-0.39, 0.29) is 11.6 Å². The van der Waals surface area contributed by atoms with Crippen LogP contribution in [-0.2, 0) is 0 Å². The molecule has 1 aromatic carbocycles. The third-order valence-corrected chi connectivity index (χ3v) is 2.83. The Bertz CT molecular complexity index is 386. The summed E-state index contributed by atoms with van der Waals surface area (Å²) >= 11 is 6.07. The van der Waals surface area contributed by atoms with Crippen molar-refractivity contribution in [3.8, 4) is 11.5 Å². The first-order valence-electron chi connectivity index (χ1n) is 5.03. The summed E-state index contributed by atoms with van der Waals surface area (Å²) in [6.07, 6.45) is -2.24. The molecule has 0 aliphatic heterocycles. The molecular formula is C11H16ClNO4. The van der Waals surface area contributed by atoms with Gasteiger partial charge in [-0.3, -0.25) is 0 Å². The van der Waals surface area contributed by atoms with Crippen molar-refractivity contribution < 1.29 is 19.7 Å². The minimum atomic E-state index is -1.16. The van der Waals surface area contributed by atoms with E-state index in [1.165, 1.54) is 14.2 Å². The molecule has 4 N–H and O–H groups in total. The summed E-state index contributed by atoms with van der Waals surface area (Å²) in [5.41, 5.74) is 5.63. The monoisotopic (exact) mass is 261 g/mol. The van der Waals surface area contributed by atoms with Gasteiger partial charge in [-0.2, -0.15) is 0 Å². The van der Waals surface area contributed by atoms with Gasteiger partial charge in [0.25, 0.3) is 0 Å². The number of rotatable bonds is 5. The van der Waals surface area contributed by atoms with Gasteiger partial charge in [0.05, 0.1) is 25.3 Å². The molecule has 0 aromatic heterocycles. The van der Waals surface area contributed by atoms with Crippen LogP contribution in [0.3, 0.4) is 0 Å². The maximum absolute atomic E-state index is 9.84. The average Bonchev–Trinajstić information content (AvgIpc) is 2.36. The predicted molar refractivity (Wildman–Crippen MR) is 64.6 cm³/mol. The smallest absolute Gasteiger partial charge is 0.179 e. The van der Waals surface area contributed by atoms with E-state index in [1.807, 2.05) is 0 Å². The minimum Gasteiger partial charge on any atom is -0.493 e. The van der Waals surface area contributed by atoms with Crippen molar-refractivity contribution in [3.63, 3.8) is 0 Å². The van der Waals surface area contributed by atoms with E-state index in [4.69, 9.17) is 26.8 Å². The van der Waals surface area contributed by atoms with Crippen LogP contribution in [0.4, 0.5) is 0 Å². The zero-order valence-corrected chi connectivity index (χ0v) is 10.4. The largest absolute Gasteiger partial charge is 0.493 e. The topological polar surface area (TPSA) is 84.9 Å². The number of aliphatic hydroxyl groups excluding tert-OH is 2. The van der Waals surface area contributed by atoms with Gasteiger partial charge in [-0.05, 0) is 6.07 Å². The molecule has 0 aliphatic carbocycles. The number of methoxy groups -OCH3 is 2. The highest BCUT2D eigenvalue weighted by molar-refractivity contribution is 6.33. The average molecular weight is 262 g/mol. The Kier molecular flexibility index (Phi) is 5.02. The Balaban J connectivity index is 3.18. The predicted octanol–water partition coefficient (Wildman–Crippen LogP) is 0.710. The van der Waals surface area contributed by atoms with Crippen molar-refractivity contribution in [2.24, 2.45) is 5.73 Å². The Morgan fingerprint density at radius 1 is 1.29 bits per heavy atom. The highest BCUT2D eigenvalue weighted by Gasteiger charge is 2.23. The Morgan fingerprint density at radius 3 is 2.41 bits per heavy atom. The van der Waals surface area contributed by atoms with Gasteiger partial charge in [0.15, 0.2) is 11.5 Å². The number of aliphatic hydroxyl groups is 2. The molecule has 2 atom stereocenters. The first-order valence-corrected chi connectivity index (χ1v) is 5.41. The molecule has 0 saturated heterocycles. The highest BCUT2D eigenvalue weighted by Crippen LogP contribution is 2.40. The van der Waals surface area contributed by atoms with E-state index in [0.717, 1.165) is 0 Å². The van der Waals surface area contributed by atoms with E-state index in [0.29, 0.717) is 17.1 Å². The van der Waals surface area contributed by atoms with Crippen LogP contribution in [0.1, 0.15) is 11.7 Å². The molecule has 5 nitrogen and oxygen atoms in total. The number of benzene rings is 1. The molecule has 2 unspecified atom stereocenters. The molecular weight excluding hydrogens is 246 g/mol. The molecule has 1 rings (SSSR count). The SMILES string of the molecule is COc1ccc(C(O)C(O)CN)c(Cl)c1OC. The number of nitrogens with two attached hydrogens (primary N) is 1. The molecule has 0 saturated carbocycles. The van der Waals surface area contributed by atoms with Gasteiger partial charge in [-0.25, -0.2) is 0 Å². The van der Waals surface area contributed by atoms with Crippen LogP contribution >= 0.6 is 11.6 Å². The van der Waals surface area contributed by atoms with E-state index >= 15 is 0 Å². The third-order valence-electron chi connectivity index (χ3n) is 2.44. The van der Waals surface area contributed by atoms with E-state index in [2.05, 4.69) is 0 Å². The van der Waals surface area contributed by atoms with E-state index in [1.54, 1.807) is 12.1 Å². The maximum atomic E-state index is 9.84.